The van der Waals surface area contributed by atoms with Gasteiger partial charge in [0.1, 0.15) is 0 Å². The van der Waals surface area contributed by atoms with Crippen molar-refractivity contribution in [1.29, 1.82) is 0 Å². The fourth-order valence-electron chi connectivity index (χ4n) is 4.32. The third kappa shape index (κ3) is 4.73. The Balaban J connectivity index is 1.87. The molecule has 118 valence electrons. The van der Waals surface area contributed by atoms with Gasteiger partial charge in [-0.2, -0.15) is 0 Å². The second-order valence-electron chi connectivity index (χ2n) is 7.94. The highest BCUT2D eigenvalue weighted by molar-refractivity contribution is 4.89. The van der Waals surface area contributed by atoms with Crippen molar-refractivity contribution in [1.82, 2.24) is 10.2 Å². The van der Waals surface area contributed by atoms with Crippen molar-refractivity contribution in [2.45, 2.75) is 77.7 Å². The van der Waals surface area contributed by atoms with Crippen molar-refractivity contribution in [2.75, 3.05) is 26.7 Å². The lowest BCUT2D eigenvalue weighted by molar-refractivity contribution is 0.0932. The van der Waals surface area contributed by atoms with Gasteiger partial charge in [0, 0.05) is 19.1 Å². The van der Waals surface area contributed by atoms with Crippen molar-refractivity contribution in [2.24, 2.45) is 11.3 Å². The molecule has 0 spiro atoms. The predicted molar refractivity (Wildman–Crippen MR) is 88.1 cm³/mol. The molecule has 0 saturated heterocycles. The summed E-state index contributed by atoms with van der Waals surface area (Å²) in [5.74, 6) is 0.767. The highest BCUT2D eigenvalue weighted by Crippen LogP contribution is 2.37. The largest absolute Gasteiger partial charge is 0.316 e. The normalized spacial score (nSPS) is 23.9. The summed E-state index contributed by atoms with van der Waals surface area (Å²) in [5.41, 5.74) is 0.560. The average Bonchev–Trinajstić information content (AvgIpc) is 2.93. The van der Waals surface area contributed by atoms with Crippen LogP contribution in [0.2, 0.25) is 0 Å². The van der Waals surface area contributed by atoms with Crippen LogP contribution in [0.25, 0.3) is 0 Å². The van der Waals surface area contributed by atoms with Crippen LogP contribution in [0.3, 0.4) is 0 Å². The molecule has 0 amide bonds. The zero-order valence-corrected chi connectivity index (χ0v) is 14.1. The lowest BCUT2D eigenvalue weighted by Gasteiger charge is -2.42. The summed E-state index contributed by atoms with van der Waals surface area (Å²) in [4.78, 5) is 2.70. The molecule has 2 aliphatic carbocycles. The van der Waals surface area contributed by atoms with E-state index in [0.717, 1.165) is 12.0 Å². The van der Waals surface area contributed by atoms with Crippen molar-refractivity contribution in [3.63, 3.8) is 0 Å². The zero-order chi connectivity index (χ0) is 14.4. The third-order valence-electron chi connectivity index (χ3n) is 5.50. The van der Waals surface area contributed by atoms with Gasteiger partial charge in [-0.05, 0) is 50.6 Å². The number of nitrogens with zero attached hydrogens (tertiary/aromatic N) is 1. The highest BCUT2D eigenvalue weighted by Gasteiger charge is 2.34. The summed E-state index contributed by atoms with van der Waals surface area (Å²) in [5, 5.41) is 3.76. The fraction of sp³-hybridized carbons (Fsp3) is 1.00. The van der Waals surface area contributed by atoms with Gasteiger partial charge in [-0.25, -0.2) is 0 Å². The van der Waals surface area contributed by atoms with Crippen LogP contribution in [-0.2, 0) is 0 Å². The van der Waals surface area contributed by atoms with Gasteiger partial charge < -0.3 is 10.2 Å². The molecule has 0 radical (unpaired) electrons. The molecule has 2 aliphatic rings. The molecule has 2 rings (SSSR count). The fourth-order valence-corrected chi connectivity index (χ4v) is 4.32. The minimum atomic E-state index is 0.560. The molecule has 0 bridgehead atoms. The van der Waals surface area contributed by atoms with E-state index < -0.39 is 0 Å². The summed E-state index contributed by atoms with van der Waals surface area (Å²) >= 11 is 0. The Labute approximate surface area is 126 Å². The minimum absolute atomic E-state index is 0.560. The average molecular weight is 280 g/mol. The van der Waals surface area contributed by atoms with Gasteiger partial charge in [0.25, 0.3) is 0 Å². The number of hydrogen-bond donors (Lipinski definition) is 1. The van der Waals surface area contributed by atoms with Crippen LogP contribution in [0, 0.1) is 11.3 Å². The van der Waals surface area contributed by atoms with Gasteiger partial charge >= 0.3 is 0 Å². The first-order chi connectivity index (χ1) is 9.61. The number of rotatable bonds is 7. The van der Waals surface area contributed by atoms with E-state index in [9.17, 15) is 0 Å². The topological polar surface area (TPSA) is 15.3 Å². The van der Waals surface area contributed by atoms with Crippen LogP contribution in [0.15, 0.2) is 0 Å². The predicted octanol–water partition coefficient (Wildman–Crippen LogP) is 4.06. The Morgan fingerprint density at radius 2 is 1.70 bits per heavy atom. The summed E-state index contributed by atoms with van der Waals surface area (Å²) in [6, 6.07) is 0.874. The Morgan fingerprint density at radius 1 is 1.05 bits per heavy atom. The Bertz CT molecular complexity index is 263. The van der Waals surface area contributed by atoms with Gasteiger partial charge in [0.2, 0.25) is 0 Å². The smallest absolute Gasteiger partial charge is 0.00924 e. The third-order valence-corrected chi connectivity index (χ3v) is 5.50. The molecule has 2 heteroatoms. The second kappa shape index (κ2) is 7.79. The van der Waals surface area contributed by atoms with Gasteiger partial charge in [-0.15, -0.1) is 0 Å². The summed E-state index contributed by atoms with van der Waals surface area (Å²) < 4.78 is 0. The van der Waals surface area contributed by atoms with Gasteiger partial charge in [-0.1, -0.05) is 46.0 Å². The quantitative estimate of drug-likeness (QED) is 0.756. The monoisotopic (exact) mass is 280 g/mol. The molecule has 1 N–H and O–H groups in total. The van der Waals surface area contributed by atoms with Gasteiger partial charge in [-0.3, -0.25) is 0 Å². The van der Waals surface area contributed by atoms with E-state index in [2.05, 4.69) is 31.1 Å². The molecular weight excluding hydrogens is 244 g/mol. The van der Waals surface area contributed by atoms with E-state index in [1.165, 1.54) is 77.4 Å². The van der Waals surface area contributed by atoms with Crippen molar-refractivity contribution >= 4 is 0 Å². The first-order valence-corrected chi connectivity index (χ1v) is 9.02. The molecule has 0 aromatic carbocycles. The molecule has 0 atom stereocenters. The lowest BCUT2D eigenvalue weighted by Crippen LogP contribution is -2.47. The van der Waals surface area contributed by atoms with E-state index in [4.69, 9.17) is 0 Å². The molecule has 20 heavy (non-hydrogen) atoms. The first kappa shape index (κ1) is 16.3. The minimum Gasteiger partial charge on any atom is -0.316 e. The number of nitrogens with one attached hydrogen (secondary N) is 1. The van der Waals surface area contributed by atoms with Crippen LogP contribution >= 0.6 is 0 Å². The summed E-state index contributed by atoms with van der Waals surface area (Å²) in [6.45, 7) is 8.36. The first-order valence-electron chi connectivity index (χ1n) is 9.02. The van der Waals surface area contributed by atoms with Crippen LogP contribution in [0.5, 0.6) is 0 Å². The van der Waals surface area contributed by atoms with Crippen LogP contribution in [0.1, 0.15) is 71.6 Å². The molecule has 0 aliphatic heterocycles. The maximum atomic E-state index is 3.76. The number of hydrogen-bond acceptors (Lipinski definition) is 2. The Kier molecular flexibility index (Phi) is 6.35. The van der Waals surface area contributed by atoms with E-state index in [-0.39, 0.29) is 0 Å². The Hall–Kier alpha value is -0.0800. The summed E-state index contributed by atoms with van der Waals surface area (Å²) in [7, 11) is 2.38. The van der Waals surface area contributed by atoms with Gasteiger partial charge in [0.05, 0.1) is 0 Å². The molecule has 2 fully saturated rings. The molecule has 0 aromatic rings. The van der Waals surface area contributed by atoms with E-state index in [1.54, 1.807) is 0 Å². The maximum Gasteiger partial charge on any atom is 0.00924 e. The van der Waals surface area contributed by atoms with Crippen molar-refractivity contribution in [3.8, 4) is 0 Å². The maximum absolute atomic E-state index is 3.76. The van der Waals surface area contributed by atoms with Gasteiger partial charge in [0.15, 0.2) is 0 Å². The molecule has 0 heterocycles. The Morgan fingerprint density at radius 3 is 2.30 bits per heavy atom. The zero-order valence-electron chi connectivity index (χ0n) is 14.1. The lowest BCUT2D eigenvalue weighted by atomic mass is 9.73. The van der Waals surface area contributed by atoms with Crippen LogP contribution in [-0.4, -0.2) is 37.6 Å². The van der Waals surface area contributed by atoms with Crippen LogP contribution in [0.4, 0.5) is 0 Å². The summed E-state index contributed by atoms with van der Waals surface area (Å²) in [6.07, 6.45) is 13.0. The standard InChI is InChI=1S/C18H36N2/c1-16(2)13-19-14-18(11-7-4-8-12-18)15-20(3)17-9-5-6-10-17/h16-17,19H,4-15H2,1-3H3. The molecular formula is C18H36N2. The van der Waals surface area contributed by atoms with Crippen LogP contribution < -0.4 is 5.32 Å². The van der Waals surface area contributed by atoms with E-state index in [0.29, 0.717) is 5.41 Å². The van der Waals surface area contributed by atoms with E-state index in [1.807, 2.05) is 0 Å². The second-order valence-corrected chi connectivity index (χ2v) is 7.94. The van der Waals surface area contributed by atoms with Crippen molar-refractivity contribution in [3.05, 3.63) is 0 Å². The SMILES string of the molecule is CC(C)CNCC1(CN(C)C2CCCC2)CCCCC1. The van der Waals surface area contributed by atoms with E-state index >= 15 is 0 Å². The highest BCUT2D eigenvalue weighted by atomic mass is 15.1. The molecule has 2 saturated carbocycles. The molecule has 2 nitrogen and oxygen atoms in total. The molecule has 0 aromatic heterocycles. The van der Waals surface area contributed by atoms with Crippen molar-refractivity contribution < 1.29 is 0 Å². The molecule has 0 unspecified atom stereocenters.